The fraction of sp³-hybridized carbons (Fsp3) is 0.364. The molecule has 0 radical (unpaired) electrons. The summed E-state index contributed by atoms with van der Waals surface area (Å²) in [7, 11) is 3.24. The van der Waals surface area contributed by atoms with Crippen molar-refractivity contribution in [3.8, 4) is 11.5 Å². The molecule has 2 N–H and O–H groups in total. The van der Waals surface area contributed by atoms with Crippen LogP contribution >= 0.6 is 0 Å². The van der Waals surface area contributed by atoms with Crippen LogP contribution in [-0.4, -0.2) is 57.3 Å². The lowest BCUT2D eigenvalue weighted by atomic mass is 10.1. The number of hydrogen-bond donors (Lipinski definition) is 1. The molecule has 0 spiro atoms. The summed E-state index contributed by atoms with van der Waals surface area (Å²) in [5.41, 5.74) is 6.91. The first kappa shape index (κ1) is 21.3. The highest BCUT2D eigenvalue weighted by molar-refractivity contribution is 5.78. The lowest BCUT2D eigenvalue weighted by Crippen LogP contribution is -2.49. The van der Waals surface area contributed by atoms with E-state index in [1.165, 1.54) is 0 Å². The number of carbonyl (C=O) groups is 2. The van der Waals surface area contributed by atoms with Crippen molar-refractivity contribution >= 4 is 17.7 Å². The summed E-state index contributed by atoms with van der Waals surface area (Å²) < 4.78 is 15.9. The van der Waals surface area contributed by atoms with E-state index in [0.717, 1.165) is 22.7 Å². The molecule has 1 unspecified atom stereocenters. The Balaban J connectivity index is 1.63. The predicted molar refractivity (Wildman–Crippen MR) is 113 cm³/mol. The Hall–Kier alpha value is -3.42. The highest BCUT2D eigenvalue weighted by Crippen LogP contribution is 2.33. The van der Waals surface area contributed by atoms with Crippen molar-refractivity contribution in [1.29, 1.82) is 0 Å². The van der Waals surface area contributed by atoms with Crippen molar-refractivity contribution < 1.29 is 23.8 Å². The molecule has 2 aromatic rings. The largest absolute Gasteiger partial charge is 0.497 e. The minimum Gasteiger partial charge on any atom is -0.497 e. The van der Waals surface area contributed by atoms with Gasteiger partial charge < -0.3 is 29.7 Å². The fourth-order valence-corrected chi connectivity index (χ4v) is 3.57. The summed E-state index contributed by atoms with van der Waals surface area (Å²) in [5.74, 6) is 1.38. The Morgan fingerprint density at radius 3 is 2.30 bits per heavy atom. The Bertz CT molecular complexity index is 866. The molecule has 160 valence electrons. The molecule has 0 bridgehead atoms. The quantitative estimate of drug-likeness (QED) is 0.750. The van der Waals surface area contributed by atoms with Crippen LogP contribution in [0.4, 0.5) is 10.5 Å². The molecule has 8 nitrogen and oxygen atoms in total. The minimum atomic E-state index is -0.895. The van der Waals surface area contributed by atoms with Gasteiger partial charge in [-0.3, -0.25) is 4.79 Å². The Kier molecular flexibility index (Phi) is 7.00. The number of carbonyl (C=O) groups excluding carboxylic acids is 2. The number of rotatable bonds is 7. The van der Waals surface area contributed by atoms with Gasteiger partial charge in [-0.25, -0.2) is 4.79 Å². The number of nitrogens with zero attached hydrogens (tertiary/aromatic N) is 2. The van der Waals surface area contributed by atoms with Crippen LogP contribution in [0.3, 0.4) is 0 Å². The molecule has 8 heteroatoms. The second kappa shape index (κ2) is 9.87. The van der Waals surface area contributed by atoms with E-state index >= 15 is 0 Å². The van der Waals surface area contributed by atoms with Gasteiger partial charge in [-0.05, 0) is 17.7 Å². The molecule has 0 aromatic heterocycles. The third kappa shape index (κ3) is 5.14. The zero-order valence-electron chi connectivity index (χ0n) is 17.2. The highest BCUT2D eigenvalue weighted by Gasteiger charge is 2.27. The summed E-state index contributed by atoms with van der Waals surface area (Å²) >= 11 is 0. The van der Waals surface area contributed by atoms with E-state index in [1.807, 2.05) is 48.5 Å². The molecule has 0 aliphatic carbocycles. The topological polar surface area (TPSA) is 94.3 Å². The number of piperazine rings is 1. The van der Waals surface area contributed by atoms with Crippen molar-refractivity contribution in [1.82, 2.24) is 4.90 Å². The molecule has 1 atom stereocenters. The van der Waals surface area contributed by atoms with E-state index in [9.17, 15) is 9.59 Å². The summed E-state index contributed by atoms with van der Waals surface area (Å²) in [6.45, 7) is 2.46. The van der Waals surface area contributed by atoms with Gasteiger partial charge in [0.15, 0.2) is 0 Å². The lowest BCUT2D eigenvalue weighted by molar-refractivity contribution is -0.133. The molecule has 1 saturated heterocycles. The van der Waals surface area contributed by atoms with Crippen molar-refractivity contribution in [2.45, 2.75) is 12.5 Å². The first-order valence-electron chi connectivity index (χ1n) is 9.77. The zero-order valence-corrected chi connectivity index (χ0v) is 17.2. The van der Waals surface area contributed by atoms with Crippen molar-refractivity contribution in [2.24, 2.45) is 5.73 Å². The molecule has 1 heterocycles. The lowest BCUT2D eigenvalue weighted by Gasteiger charge is -2.37. The number of methoxy groups -OCH3 is 2. The number of ether oxygens (including phenoxy) is 3. The third-order valence-corrected chi connectivity index (χ3v) is 5.15. The van der Waals surface area contributed by atoms with Crippen molar-refractivity contribution in [3.05, 3.63) is 54.1 Å². The first-order valence-corrected chi connectivity index (χ1v) is 9.77. The molecule has 1 fully saturated rings. The molecule has 2 amide bonds. The maximum absolute atomic E-state index is 12.8. The van der Waals surface area contributed by atoms with Crippen LogP contribution in [0.5, 0.6) is 11.5 Å². The standard InChI is InChI=1S/C22H27N3O5/c1-28-17-8-9-18(20(14-17)29-2)24-10-12-25(13-11-24)21(26)15-19(30-22(23)27)16-6-4-3-5-7-16/h3-9,14,19H,10-13,15H2,1-2H3,(H2,23,27). The summed E-state index contributed by atoms with van der Waals surface area (Å²) in [4.78, 5) is 28.1. The summed E-state index contributed by atoms with van der Waals surface area (Å²) in [6, 6.07) is 14.8. The van der Waals surface area contributed by atoms with Gasteiger partial charge in [0, 0.05) is 32.2 Å². The van der Waals surface area contributed by atoms with Crippen molar-refractivity contribution in [2.75, 3.05) is 45.3 Å². The van der Waals surface area contributed by atoms with Gasteiger partial charge in [-0.15, -0.1) is 0 Å². The fourth-order valence-electron chi connectivity index (χ4n) is 3.57. The second-order valence-corrected chi connectivity index (χ2v) is 6.95. The first-order chi connectivity index (χ1) is 14.5. The number of hydrogen-bond acceptors (Lipinski definition) is 6. The van der Waals surface area contributed by atoms with Crippen LogP contribution in [0, 0.1) is 0 Å². The predicted octanol–water partition coefficient (Wildman–Crippen LogP) is 2.58. The maximum atomic E-state index is 12.8. The van der Waals surface area contributed by atoms with E-state index in [4.69, 9.17) is 19.9 Å². The Morgan fingerprint density at radius 2 is 1.70 bits per heavy atom. The number of amides is 2. The zero-order chi connectivity index (χ0) is 21.5. The molecule has 2 aromatic carbocycles. The third-order valence-electron chi connectivity index (χ3n) is 5.15. The van der Waals surface area contributed by atoms with E-state index in [1.54, 1.807) is 19.1 Å². The van der Waals surface area contributed by atoms with Crippen LogP contribution in [0.1, 0.15) is 18.1 Å². The van der Waals surface area contributed by atoms with E-state index < -0.39 is 12.2 Å². The summed E-state index contributed by atoms with van der Waals surface area (Å²) in [6.07, 6.45) is -1.54. The van der Waals surface area contributed by atoms with E-state index in [2.05, 4.69) is 4.90 Å². The maximum Gasteiger partial charge on any atom is 0.405 e. The Labute approximate surface area is 176 Å². The van der Waals surface area contributed by atoms with Gasteiger partial charge in [0.25, 0.3) is 0 Å². The number of nitrogens with two attached hydrogens (primary N) is 1. The van der Waals surface area contributed by atoms with Gasteiger partial charge in [-0.1, -0.05) is 30.3 Å². The molecule has 1 aliphatic rings. The monoisotopic (exact) mass is 413 g/mol. The molecular weight excluding hydrogens is 386 g/mol. The summed E-state index contributed by atoms with van der Waals surface area (Å²) in [5, 5.41) is 0. The van der Waals surface area contributed by atoms with Crippen LogP contribution in [0.15, 0.2) is 48.5 Å². The smallest absolute Gasteiger partial charge is 0.405 e. The number of primary amides is 1. The SMILES string of the molecule is COc1ccc(N2CCN(C(=O)CC(OC(N)=O)c3ccccc3)CC2)c(OC)c1. The van der Waals surface area contributed by atoms with Crippen LogP contribution in [0.2, 0.25) is 0 Å². The number of benzene rings is 2. The average Bonchev–Trinajstić information content (AvgIpc) is 2.78. The highest BCUT2D eigenvalue weighted by atomic mass is 16.6. The van der Waals surface area contributed by atoms with Gasteiger partial charge >= 0.3 is 6.09 Å². The molecule has 3 rings (SSSR count). The van der Waals surface area contributed by atoms with Crippen LogP contribution < -0.4 is 20.1 Å². The van der Waals surface area contributed by atoms with Crippen LogP contribution in [0.25, 0.3) is 0 Å². The average molecular weight is 413 g/mol. The minimum absolute atomic E-state index is 0.0544. The van der Waals surface area contributed by atoms with E-state index in [-0.39, 0.29) is 12.3 Å². The van der Waals surface area contributed by atoms with Gasteiger partial charge in [0.1, 0.15) is 17.6 Å². The van der Waals surface area contributed by atoms with E-state index in [0.29, 0.717) is 26.2 Å². The molecule has 1 aliphatic heterocycles. The normalized spacial score (nSPS) is 14.7. The van der Waals surface area contributed by atoms with Gasteiger partial charge in [-0.2, -0.15) is 0 Å². The molecule has 30 heavy (non-hydrogen) atoms. The van der Waals surface area contributed by atoms with Crippen molar-refractivity contribution in [3.63, 3.8) is 0 Å². The second-order valence-electron chi connectivity index (χ2n) is 6.95. The Morgan fingerprint density at radius 1 is 1.00 bits per heavy atom. The van der Waals surface area contributed by atoms with Gasteiger partial charge in [0.05, 0.1) is 26.3 Å². The van der Waals surface area contributed by atoms with Crippen LogP contribution in [-0.2, 0) is 9.53 Å². The molecular formula is C22H27N3O5. The molecule has 0 saturated carbocycles. The van der Waals surface area contributed by atoms with Gasteiger partial charge in [0.2, 0.25) is 5.91 Å². The number of anilines is 1.